The third-order valence-corrected chi connectivity index (χ3v) is 4.75. The van der Waals surface area contributed by atoms with Crippen molar-refractivity contribution in [2.45, 2.75) is 31.5 Å². The van der Waals surface area contributed by atoms with Crippen molar-refractivity contribution in [2.75, 3.05) is 0 Å². The molecule has 1 aliphatic rings. The second-order valence-corrected chi connectivity index (χ2v) is 6.82. The van der Waals surface area contributed by atoms with Crippen LogP contribution in [0.5, 0.6) is 0 Å². The van der Waals surface area contributed by atoms with Gasteiger partial charge in [-0.25, -0.2) is 4.52 Å². The Kier molecular flexibility index (Phi) is 4.14. The lowest BCUT2D eigenvalue weighted by atomic mass is 10.1. The highest BCUT2D eigenvalue weighted by Gasteiger charge is 2.34. The SMILES string of the molecule is O=C(N[C@@H]1CC(Cn2cc(Cl)cn2)C[C@H]1O)c1ccn2nncc2c1. The largest absolute Gasteiger partial charge is 0.391 e. The summed E-state index contributed by atoms with van der Waals surface area (Å²) in [4.78, 5) is 12.5. The number of aromatic nitrogens is 5. The predicted molar refractivity (Wildman–Crippen MR) is 90.2 cm³/mol. The molecule has 3 heterocycles. The molecule has 130 valence electrons. The zero-order valence-corrected chi connectivity index (χ0v) is 14.0. The molecular weight excluding hydrogens is 344 g/mol. The summed E-state index contributed by atoms with van der Waals surface area (Å²) >= 11 is 5.87. The van der Waals surface area contributed by atoms with E-state index in [0.29, 0.717) is 30.0 Å². The predicted octanol–water partition coefficient (Wildman–Crippen LogP) is 1.15. The third-order valence-electron chi connectivity index (χ3n) is 4.55. The molecule has 4 rings (SSSR count). The van der Waals surface area contributed by atoms with Gasteiger partial charge in [-0.2, -0.15) is 5.10 Å². The van der Waals surface area contributed by atoms with E-state index < -0.39 is 6.10 Å². The fraction of sp³-hybridized carbons (Fsp3) is 0.375. The number of halogens is 1. The number of hydrogen-bond acceptors (Lipinski definition) is 5. The first-order valence-electron chi connectivity index (χ1n) is 8.05. The number of rotatable bonds is 4. The summed E-state index contributed by atoms with van der Waals surface area (Å²) in [6, 6.07) is 3.13. The van der Waals surface area contributed by atoms with Crippen LogP contribution in [0.4, 0.5) is 0 Å². The quantitative estimate of drug-likeness (QED) is 0.727. The van der Waals surface area contributed by atoms with Crippen LogP contribution in [0.3, 0.4) is 0 Å². The minimum Gasteiger partial charge on any atom is -0.391 e. The van der Waals surface area contributed by atoms with Gasteiger partial charge in [0.1, 0.15) is 0 Å². The average molecular weight is 361 g/mol. The lowest BCUT2D eigenvalue weighted by Gasteiger charge is -2.16. The molecule has 2 N–H and O–H groups in total. The van der Waals surface area contributed by atoms with Crippen molar-refractivity contribution in [3.05, 3.63) is 47.5 Å². The van der Waals surface area contributed by atoms with Gasteiger partial charge in [0.05, 0.1) is 35.1 Å². The summed E-state index contributed by atoms with van der Waals surface area (Å²) in [6.45, 7) is 0.670. The maximum atomic E-state index is 12.5. The number of amides is 1. The minimum atomic E-state index is -0.569. The third kappa shape index (κ3) is 3.35. The molecule has 1 unspecified atom stereocenters. The molecule has 25 heavy (non-hydrogen) atoms. The van der Waals surface area contributed by atoms with Gasteiger partial charge in [0.25, 0.3) is 5.91 Å². The Labute approximate surface area is 148 Å². The topological polar surface area (TPSA) is 97.3 Å². The number of carbonyl (C=O) groups excluding carboxylic acids is 1. The molecule has 1 aliphatic carbocycles. The van der Waals surface area contributed by atoms with Crippen LogP contribution in [-0.2, 0) is 6.54 Å². The van der Waals surface area contributed by atoms with Gasteiger partial charge in [0.15, 0.2) is 0 Å². The van der Waals surface area contributed by atoms with Crippen molar-refractivity contribution in [1.29, 1.82) is 0 Å². The van der Waals surface area contributed by atoms with E-state index in [4.69, 9.17) is 11.6 Å². The van der Waals surface area contributed by atoms with Gasteiger partial charge >= 0.3 is 0 Å². The van der Waals surface area contributed by atoms with Crippen LogP contribution in [0.15, 0.2) is 36.9 Å². The fourth-order valence-electron chi connectivity index (χ4n) is 3.35. The monoisotopic (exact) mass is 360 g/mol. The van der Waals surface area contributed by atoms with Crippen LogP contribution in [0.1, 0.15) is 23.2 Å². The van der Waals surface area contributed by atoms with E-state index in [1.54, 1.807) is 46.1 Å². The molecule has 0 radical (unpaired) electrons. The van der Waals surface area contributed by atoms with Gasteiger partial charge in [-0.15, -0.1) is 5.10 Å². The molecular formula is C16H17ClN6O2. The number of pyridine rings is 1. The van der Waals surface area contributed by atoms with Crippen molar-refractivity contribution in [2.24, 2.45) is 5.92 Å². The van der Waals surface area contributed by atoms with E-state index in [9.17, 15) is 9.90 Å². The first-order valence-corrected chi connectivity index (χ1v) is 8.43. The van der Waals surface area contributed by atoms with Crippen molar-refractivity contribution in [1.82, 2.24) is 29.9 Å². The van der Waals surface area contributed by atoms with Crippen LogP contribution >= 0.6 is 11.6 Å². The summed E-state index contributed by atoms with van der Waals surface area (Å²) in [5.74, 6) is 0.0216. The number of aliphatic hydroxyl groups excluding tert-OH is 1. The standard InChI is InChI=1S/C16H17ClN6O2/c17-12-6-19-22(9-12)8-10-3-14(15(24)4-10)20-16(25)11-1-2-23-13(5-11)7-18-21-23/h1-2,5-7,9-10,14-15,24H,3-4,8H2,(H,20,25)/t10?,14-,15-/m1/s1. The number of fused-ring (bicyclic) bond motifs is 1. The summed E-state index contributed by atoms with van der Waals surface area (Å²) in [5, 5.41) is 25.6. The Morgan fingerprint density at radius 2 is 2.28 bits per heavy atom. The molecule has 3 aromatic rings. The zero-order chi connectivity index (χ0) is 17.4. The van der Waals surface area contributed by atoms with Crippen molar-refractivity contribution < 1.29 is 9.90 Å². The lowest BCUT2D eigenvalue weighted by Crippen LogP contribution is -2.39. The normalized spacial score (nSPS) is 23.2. The Bertz CT molecular complexity index is 907. The van der Waals surface area contributed by atoms with Crippen molar-refractivity contribution in [3.8, 4) is 0 Å². The lowest BCUT2D eigenvalue weighted by molar-refractivity contribution is 0.0872. The molecule has 3 atom stereocenters. The Morgan fingerprint density at radius 3 is 3.08 bits per heavy atom. The maximum absolute atomic E-state index is 12.5. The van der Waals surface area contributed by atoms with Crippen LogP contribution in [-0.4, -0.2) is 47.8 Å². The number of carbonyl (C=O) groups is 1. The van der Waals surface area contributed by atoms with E-state index in [1.165, 1.54) is 0 Å². The molecule has 0 aliphatic heterocycles. The first kappa shape index (κ1) is 16.0. The summed E-state index contributed by atoms with van der Waals surface area (Å²) < 4.78 is 3.36. The van der Waals surface area contributed by atoms with Crippen LogP contribution < -0.4 is 5.32 Å². The van der Waals surface area contributed by atoms with Gasteiger partial charge in [-0.05, 0) is 30.9 Å². The Morgan fingerprint density at radius 1 is 1.40 bits per heavy atom. The molecule has 9 heteroatoms. The molecule has 1 saturated carbocycles. The van der Waals surface area contributed by atoms with Gasteiger partial charge in [0, 0.05) is 24.5 Å². The fourth-order valence-corrected chi connectivity index (χ4v) is 3.50. The van der Waals surface area contributed by atoms with E-state index in [2.05, 4.69) is 20.7 Å². The van der Waals surface area contributed by atoms with Crippen molar-refractivity contribution >= 4 is 23.0 Å². The molecule has 8 nitrogen and oxygen atoms in total. The van der Waals surface area contributed by atoms with Crippen molar-refractivity contribution in [3.63, 3.8) is 0 Å². The molecule has 0 spiro atoms. The molecule has 3 aromatic heterocycles. The smallest absolute Gasteiger partial charge is 0.251 e. The summed E-state index contributed by atoms with van der Waals surface area (Å²) in [7, 11) is 0. The summed E-state index contributed by atoms with van der Waals surface area (Å²) in [5.41, 5.74) is 1.26. The highest BCUT2D eigenvalue weighted by molar-refractivity contribution is 6.30. The number of nitrogens with zero attached hydrogens (tertiary/aromatic N) is 5. The Hall–Kier alpha value is -2.45. The van der Waals surface area contributed by atoms with Gasteiger partial charge in [-0.1, -0.05) is 16.8 Å². The van der Waals surface area contributed by atoms with Crippen LogP contribution in [0.25, 0.3) is 5.52 Å². The molecule has 0 bridgehead atoms. The van der Waals surface area contributed by atoms with E-state index in [1.807, 2.05) is 0 Å². The number of aliphatic hydroxyl groups is 1. The number of nitrogens with one attached hydrogen (secondary N) is 1. The highest BCUT2D eigenvalue weighted by Crippen LogP contribution is 2.28. The Balaban J connectivity index is 1.40. The average Bonchev–Trinajstić information content (AvgIpc) is 3.28. The molecule has 0 saturated heterocycles. The summed E-state index contributed by atoms with van der Waals surface area (Å²) in [6.07, 6.45) is 7.37. The van der Waals surface area contributed by atoms with E-state index >= 15 is 0 Å². The molecule has 0 aromatic carbocycles. The molecule has 1 fully saturated rings. The minimum absolute atomic E-state index is 0.212. The number of hydrogen-bond donors (Lipinski definition) is 2. The highest BCUT2D eigenvalue weighted by atomic mass is 35.5. The zero-order valence-electron chi connectivity index (χ0n) is 13.3. The second-order valence-electron chi connectivity index (χ2n) is 6.38. The second kappa shape index (κ2) is 6.45. The molecule has 1 amide bonds. The maximum Gasteiger partial charge on any atom is 0.251 e. The van der Waals surface area contributed by atoms with Crippen LogP contribution in [0.2, 0.25) is 5.02 Å². The van der Waals surface area contributed by atoms with Gasteiger partial charge in [0.2, 0.25) is 0 Å². The van der Waals surface area contributed by atoms with Gasteiger partial charge in [-0.3, -0.25) is 9.48 Å². The first-order chi connectivity index (χ1) is 12.1. The van der Waals surface area contributed by atoms with E-state index in [-0.39, 0.29) is 17.9 Å². The van der Waals surface area contributed by atoms with E-state index in [0.717, 1.165) is 5.52 Å². The van der Waals surface area contributed by atoms with Crippen LogP contribution in [0, 0.1) is 5.92 Å². The van der Waals surface area contributed by atoms with Gasteiger partial charge < -0.3 is 10.4 Å².